The van der Waals surface area contributed by atoms with E-state index in [0.29, 0.717) is 18.6 Å². The second-order valence-corrected chi connectivity index (χ2v) is 6.52. The van der Waals surface area contributed by atoms with Crippen LogP contribution in [0.25, 0.3) is 16.6 Å². The highest BCUT2D eigenvalue weighted by molar-refractivity contribution is 7.61. The predicted molar refractivity (Wildman–Crippen MR) is 83.2 cm³/mol. The Balaban J connectivity index is 2.20. The summed E-state index contributed by atoms with van der Waals surface area (Å²) in [5.41, 5.74) is 2.08. The standard InChI is InChI=1S/C15H17N2O3P/c1-3-19-21(18,20-4-2)15-11-17-13-8-6-5-7-12(13)9-10-14(17)16-15/h5-11H,3-4H2,1-2H3. The Morgan fingerprint density at radius 2 is 1.81 bits per heavy atom. The lowest BCUT2D eigenvalue weighted by atomic mass is 10.2. The number of nitrogens with zero attached hydrogens (tertiary/aromatic N) is 2. The van der Waals surface area contributed by atoms with Crippen LogP contribution in [0.3, 0.4) is 0 Å². The number of pyridine rings is 1. The second-order valence-electron chi connectivity index (χ2n) is 4.55. The van der Waals surface area contributed by atoms with Gasteiger partial charge in [0.15, 0.2) is 5.44 Å². The zero-order valence-electron chi connectivity index (χ0n) is 12.0. The number of rotatable bonds is 5. The monoisotopic (exact) mass is 304 g/mol. The summed E-state index contributed by atoms with van der Waals surface area (Å²) in [6.45, 7) is 4.20. The van der Waals surface area contributed by atoms with Crippen LogP contribution in [0.5, 0.6) is 0 Å². The molecule has 0 unspecified atom stereocenters. The fraction of sp³-hybridized carbons (Fsp3) is 0.267. The molecule has 3 aromatic rings. The Morgan fingerprint density at radius 1 is 1.10 bits per heavy atom. The van der Waals surface area contributed by atoms with Crippen molar-refractivity contribution in [2.45, 2.75) is 13.8 Å². The molecule has 0 aliphatic carbocycles. The maximum absolute atomic E-state index is 12.8. The first-order chi connectivity index (χ1) is 10.2. The van der Waals surface area contributed by atoms with Gasteiger partial charge in [-0.3, -0.25) is 8.97 Å². The Morgan fingerprint density at radius 3 is 2.52 bits per heavy atom. The number of para-hydroxylation sites is 1. The fourth-order valence-electron chi connectivity index (χ4n) is 2.35. The third kappa shape index (κ3) is 2.48. The maximum atomic E-state index is 12.8. The number of hydrogen-bond donors (Lipinski definition) is 0. The van der Waals surface area contributed by atoms with Crippen LogP contribution in [0.2, 0.25) is 0 Å². The first-order valence-corrected chi connectivity index (χ1v) is 8.48. The lowest BCUT2D eigenvalue weighted by molar-refractivity contribution is 0.229. The third-order valence-corrected chi connectivity index (χ3v) is 5.18. The van der Waals surface area contributed by atoms with Crippen LogP contribution in [0, 0.1) is 0 Å². The summed E-state index contributed by atoms with van der Waals surface area (Å²) in [4.78, 5) is 4.42. The molecule has 0 fully saturated rings. The van der Waals surface area contributed by atoms with Crippen LogP contribution >= 0.6 is 7.60 Å². The van der Waals surface area contributed by atoms with Crippen LogP contribution in [0.1, 0.15) is 13.8 Å². The molecule has 5 nitrogen and oxygen atoms in total. The van der Waals surface area contributed by atoms with Crippen LogP contribution in [0.15, 0.2) is 42.6 Å². The molecule has 21 heavy (non-hydrogen) atoms. The molecular formula is C15H17N2O3P. The molecular weight excluding hydrogens is 287 g/mol. The van der Waals surface area contributed by atoms with Crippen LogP contribution in [0.4, 0.5) is 0 Å². The van der Waals surface area contributed by atoms with Gasteiger partial charge >= 0.3 is 7.60 Å². The largest absolute Gasteiger partial charge is 0.381 e. The number of aromatic nitrogens is 2. The Bertz CT molecular complexity index is 818. The highest BCUT2D eigenvalue weighted by Crippen LogP contribution is 2.46. The van der Waals surface area contributed by atoms with Crippen molar-refractivity contribution in [3.05, 3.63) is 42.6 Å². The van der Waals surface area contributed by atoms with Gasteiger partial charge in [0.25, 0.3) is 0 Å². The van der Waals surface area contributed by atoms with Gasteiger partial charge in [0.1, 0.15) is 5.65 Å². The fourth-order valence-corrected chi connectivity index (χ4v) is 3.85. The summed E-state index contributed by atoms with van der Waals surface area (Å²) in [7, 11) is -3.35. The molecule has 0 radical (unpaired) electrons. The summed E-state index contributed by atoms with van der Waals surface area (Å²) in [6, 6.07) is 11.9. The highest BCUT2D eigenvalue weighted by Gasteiger charge is 2.30. The molecule has 0 bridgehead atoms. The molecule has 1 aromatic carbocycles. The summed E-state index contributed by atoms with van der Waals surface area (Å²) in [5, 5.41) is 1.09. The van der Waals surface area contributed by atoms with Crippen LogP contribution in [-0.2, 0) is 13.6 Å². The van der Waals surface area contributed by atoms with Gasteiger partial charge in [-0.2, -0.15) is 0 Å². The first kappa shape index (κ1) is 14.3. The first-order valence-electron chi connectivity index (χ1n) is 6.94. The lowest BCUT2D eigenvalue weighted by Gasteiger charge is -2.13. The average Bonchev–Trinajstić information content (AvgIpc) is 2.93. The van der Waals surface area contributed by atoms with Crippen molar-refractivity contribution in [1.82, 2.24) is 9.38 Å². The quantitative estimate of drug-likeness (QED) is 0.678. The third-order valence-electron chi connectivity index (χ3n) is 3.21. The van der Waals surface area contributed by atoms with Crippen molar-refractivity contribution in [3.63, 3.8) is 0 Å². The van der Waals surface area contributed by atoms with Crippen LogP contribution in [-0.4, -0.2) is 22.6 Å². The van der Waals surface area contributed by atoms with E-state index in [1.165, 1.54) is 0 Å². The smallest absolute Gasteiger partial charge is 0.304 e. The average molecular weight is 304 g/mol. The molecule has 0 saturated carbocycles. The normalized spacial score (nSPS) is 12.3. The topological polar surface area (TPSA) is 52.8 Å². The molecule has 3 rings (SSSR count). The lowest BCUT2D eigenvalue weighted by Crippen LogP contribution is -2.11. The molecule has 2 heterocycles. The minimum Gasteiger partial charge on any atom is -0.304 e. The molecule has 2 aromatic heterocycles. The zero-order valence-corrected chi connectivity index (χ0v) is 12.9. The molecule has 0 aliphatic rings. The number of imidazole rings is 1. The van der Waals surface area contributed by atoms with Gasteiger partial charge in [0.05, 0.1) is 18.7 Å². The van der Waals surface area contributed by atoms with Gasteiger partial charge in [-0.1, -0.05) is 18.2 Å². The van der Waals surface area contributed by atoms with E-state index in [1.807, 2.05) is 40.8 Å². The zero-order chi connectivity index (χ0) is 14.9. The Kier molecular flexibility index (Phi) is 3.81. The number of hydrogen-bond acceptors (Lipinski definition) is 4. The van der Waals surface area contributed by atoms with Gasteiger partial charge in [0.2, 0.25) is 0 Å². The molecule has 6 heteroatoms. The van der Waals surface area contributed by atoms with Crippen molar-refractivity contribution < 1.29 is 13.6 Å². The molecule has 0 N–H and O–H groups in total. The van der Waals surface area contributed by atoms with Crippen molar-refractivity contribution in [1.29, 1.82) is 0 Å². The molecule has 0 spiro atoms. The van der Waals surface area contributed by atoms with E-state index in [9.17, 15) is 4.57 Å². The summed E-state index contributed by atoms with van der Waals surface area (Å²) in [6.07, 6.45) is 1.74. The Hall–Kier alpha value is -1.68. The predicted octanol–water partition coefficient (Wildman–Crippen LogP) is 3.38. The van der Waals surface area contributed by atoms with Crippen LogP contribution < -0.4 is 5.44 Å². The van der Waals surface area contributed by atoms with Crippen molar-refractivity contribution in [2.24, 2.45) is 0 Å². The molecule has 0 atom stereocenters. The summed E-state index contributed by atoms with van der Waals surface area (Å²) in [5.74, 6) is 0. The van der Waals surface area contributed by atoms with E-state index in [0.717, 1.165) is 16.6 Å². The van der Waals surface area contributed by atoms with Gasteiger partial charge in [0, 0.05) is 6.20 Å². The minimum atomic E-state index is -3.35. The highest BCUT2D eigenvalue weighted by atomic mass is 31.2. The second kappa shape index (κ2) is 5.60. The SMILES string of the molecule is CCOP(=O)(OCC)c1cn2c(ccc3ccccc32)n1. The van der Waals surface area contributed by atoms with Crippen molar-refractivity contribution in [2.75, 3.05) is 13.2 Å². The van der Waals surface area contributed by atoms with Crippen molar-refractivity contribution >= 4 is 29.6 Å². The maximum Gasteiger partial charge on any atom is 0.381 e. The van der Waals surface area contributed by atoms with Gasteiger partial charge < -0.3 is 9.05 Å². The van der Waals surface area contributed by atoms with Gasteiger partial charge in [-0.15, -0.1) is 0 Å². The number of benzene rings is 1. The van der Waals surface area contributed by atoms with E-state index in [4.69, 9.17) is 9.05 Å². The molecule has 110 valence electrons. The van der Waals surface area contributed by atoms with E-state index < -0.39 is 7.60 Å². The van der Waals surface area contributed by atoms with E-state index in [1.54, 1.807) is 20.0 Å². The molecule has 0 saturated heterocycles. The number of fused-ring (bicyclic) bond motifs is 3. The minimum absolute atomic E-state index is 0.311. The van der Waals surface area contributed by atoms with Crippen molar-refractivity contribution in [3.8, 4) is 0 Å². The van der Waals surface area contributed by atoms with E-state index in [2.05, 4.69) is 4.98 Å². The van der Waals surface area contributed by atoms with Gasteiger partial charge in [-0.05, 0) is 37.4 Å². The summed E-state index contributed by atoms with van der Waals surface area (Å²) >= 11 is 0. The van der Waals surface area contributed by atoms with E-state index in [-0.39, 0.29) is 0 Å². The molecule has 0 amide bonds. The van der Waals surface area contributed by atoms with E-state index >= 15 is 0 Å². The van der Waals surface area contributed by atoms with Gasteiger partial charge in [-0.25, -0.2) is 4.98 Å². The Labute approximate surface area is 123 Å². The molecule has 0 aliphatic heterocycles. The summed E-state index contributed by atoms with van der Waals surface area (Å²) < 4.78 is 25.4.